The molecule has 1 amide bonds. The van der Waals surface area contributed by atoms with Crippen molar-refractivity contribution in [3.05, 3.63) is 35.2 Å². The summed E-state index contributed by atoms with van der Waals surface area (Å²) in [5.74, 6) is 2.76. The van der Waals surface area contributed by atoms with Crippen LogP contribution in [0.2, 0.25) is 0 Å². The molecule has 3 aliphatic rings. The zero-order chi connectivity index (χ0) is 23.7. The van der Waals surface area contributed by atoms with Gasteiger partial charge in [-0.05, 0) is 19.8 Å². The van der Waals surface area contributed by atoms with Crippen LogP contribution in [0.5, 0.6) is 5.88 Å². The van der Waals surface area contributed by atoms with E-state index in [1.165, 1.54) is 0 Å². The van der Waals surface area contributed by atoms with E-state index in [-0.39, 0.29) is 11.9 Å². The minimum Gasteiger partial charge on any atom is -0.481 e. The first-order valence-electron chi connectivity index (χ1n) is 12.3. The minimum atomic E-state index is 0.232. The van der Waals surface area contributed by atoms with Crippen LogP contribution in [0.15, 0.2) is 18.2 Å². The first-order chi connectivity index (χ1) is 16.6. The average Bonchev–Trinajstić information content (AvgIpc) is 3.36. The van der Waals surface area contributed by atoms with Crippen LogP contribution in [0.1, 0.15) is 56.0 Å². The lowest BCUT2D eigenvalue weighted by atomic mass is 9.92. The van der Waals surface area contributed by atoms with Gasteiger partial charge in [-0.25, -0.2) is 15.0 Å². The third-order valence-corrected chi connectivity index (χ3v) is 7.12. The number of fused-ring (bicyclic) bond motifs is 1. The van der Waals surface area contributed by atoms with Crippen LogP contribution in [-0.4, -0.2) is 71.8 Å². The number of carbonyl (C=O) groups excluding carboxylic acids is 1. The molecular formula is C26H33N5O3. The molecule has 0 saturated carbocycles. The molecule has 0 radical (unpaired) electrons. The molecule has 1 aliphatic carbocycles. The third-order valence-electron chi connectivity index (χ3n) is 7.12. The molecule has 2 aromatic heterocycles. The second-order valence-electron chi connectivity index (χ2n) is 9.28. The molecule has 1 atom stereocenters. The lowest BCUT2D eigenvalue weighted by Gasteiger charge is -2.35. The van der Waals surface area contributed by atoms with Gasteiger partial charge in [0.1, 0.15) is 5.82 Å². The molecule has 8 nitrogen and oxygen atoms in total. The number of rotatable bonds is 5. The Hall–Kier alpha value is -3.00. The van der Waals surface area contributed by atoms with E-state index in [2.05, 4.69) is 35.0 Å². The van der Waals surface area contributed by atoms with Crippen LogP contribution >= 0.6 is 0 Å². The molecule has 2 aromatic rings. The first-order valence-corrected chi connectivity index (χ1v) is 12.3. The number of pyridine rings is 1. The van der Waals surface area contributed by atoms with Gasteiger partial charge in [-0.2, -0.15) is 0 Å². The topological polar surface area (TPSA) is 80.7 Å². The quantitative estimate of drug-likeness (QED) is 0.672. The van der Waals surface area contributed by atoms with E-state index in [1.54, 1.807) is 7.11 Å². The number of aromatic nitrogens is 3. The number of hydrogen-bond donors (Lipinski definition) is 0. The lowest BCUT2D eigenvalue weighted by Crippen LogP contribution is -2.44. The second kappa shape index (κ2) is 9.70. The molecule has 8 heteroatoms. The predicted molar refractivity (Wildman–Crippen MR) is 131 cm³/mol. The van der Waals surface area contributed by atoms with Gasteiger partial charge in [-0.1, -0.05) is 19.1 Å². The van der Waals surface area contributed by atoms with Gasteiger partial charge in [0, 0.05) is 67.3 Å². The molecule has 0 unspecified atom stereocenters. The van der Waals surface area contributed by atoms with Gasteiger partial charge in [0.25, 0.3) is 0 Å². The monoisotopic (exact) mass is 463 g/mol. The van der Waals surface area contributed by atoms with Crippen molar-refractivity contribution in [2.45, 2.75) is 51.5 Å². The van der Waals surface area contributed by atoms with E-state index in [0.29, 0.717) is 37.3 Å². The smallest absolute Gasteiger partial charge is 0.222 e. The number of hydrogen-bond acceptors (Lipinski definition) is 7. The van der Waals surface area contributed by atoms with Crippen molar-refractivity contribution < 1.29 is 14.3 Å². The summed E-state index contributed by atoms with van der Waals surface area (Å²) in [6, 6.07) is 4.34. The number of methoxy groups -OCH3 is 1. The van der Waals surface area contributed by atoms with E-state index in [4.69, 9.17) is 19.4 Å². The highest BCUT2D eigenvalue weighted by atomic mass is 16.5. The number of morpholine rings is 1. The van der Waals surface area contributed by atoms with E-state index in [1.807, 2.05) is 17.9 Å². The Morgan fingerprint density at radius 2 is 2.00 bits per heavy atom. The van der Waals surface area contributed by atoms with Crippen molar-refractivity contribution in [2.24, 2.45) is 0 Å². The Bertz CT molecular complexity index is 1090. The SMILES string of the molecule is CCC(=O)N1CCC(c2cc(N3CCOC[C@H]3C)nc(-c3cc(OC)nc4c3C=CC4)n2)CC1. The first kappa shape index (κ1) is 22.8. The number of likely N-dealkylation sites (tertiary alicyclic amines) is 1. The molecule has 2 aliphatic heterocycles. The fraction of sp³-hybridized carbons (Fsp3) is 0.538. The maximum absolute atomic E-state index is 12.2. The fourth-order valence-electron chi connectivity index (χ4n) is 5.15. The standard InChI is InChI=1S/C26H33N5O3/c1-4-25(32)30-10-8-18(9-11-30)22-15-23(31-12-13-34-16-17(31)2)29-26(28-22)20-14-24(33-3)27-21-7-5-6-19(20)21/h5-6,14-15,17-18H,4,7-13,16H2,1-3H3/t17-/m1/s1. The van der Waals surface area contributed by atoms with E-state index >= 15 is 0 Å². The zero-order valence-electron chi connectivity index (χ0n) is 20.3. The zero-order valence-corrected chi connectivity index (χ0v) is 20.3. The second-order valence-corrected chi connectivity index (χ2v) is 9.28. The Kier molecular flexibility index (Phi) is 6.50. The van der Waals surface area contributed by atoms with Crippen molar-refractivity contribution in [3.63, 3.8) is 0 Å². The van der Waals surface area contributed by atoms with Gasteiger partial charge in [0.15, 0.2) is 5.82 Å². The number of nitrogens with zero attached hydrogens (tertiary/aromatic N) is 5. The lowest BCUT2D eigenvalue weighted by molar-refractivity contribution is -0.131. The summed E-state index contributed by atoms with van der Waals surface area (Å²) in [4.78, 5) is 31.3. The molecule has 4 heterocycles. The van der Waals surface area contributed by atoms with Crippen LogP contribution in [0.4, 0.5) is 5.82 Å². The van der Waals surface area contributed by atoms with Crippen LogP contribution in [0.3, 0.4) is 0 Å². The van der Waals surface area contributed by atoms with Gasteiger partial charge < -0.3 is 19.3 Å². The molecule has 2 saturated heterocycles. The normalized spacial score (nSPS) is 20.5. The number of anilines is 1. The van der Waals surface area contributed by atoms with Crippen LogP contribution in [0.25, 0.3) is 17.5 Å². The molecule has 0 bridgehead atoms. The number of carbonyl (C=O) groups is 1. The number of ether oxygens (including phenoxy) is 2. The minimum absolute atomic E-state index is 0.232. The Morgan fingerprint density at radius 3 is 2.74 bits per heavy atom. The summed E-state index contributed by atoms with van der Waals surface area (Å²) in [6.07, 6.45) is 7.41. The summed E-state index contributed by atoms with van der Waals surface area (Å²) in [5, 5.41) is 0. The molecule has 0 spiro atoms. The summed E-state index contributed by atoms with van der Waals surface area (Å²) in [5.41, 5.74) is 4.07. The highest BCUT2D eigenvalue weighted by Crippen LogP contribution is 2.35. The van der Waals surface area contributed by atoms with Crippen molar-refractivity contribution in [3.8, 4) is 17.3 Å². The van der Waals surface area contributed by atoms with E-state index < -0.39 is 0 Å². The van der Waals surface area contributed by atoms with Gasteiger partial charge in [-0.3, -0.25) is 4.79 Å². The summed E-state index contributed by atoms with van der Waals surface area (Å²) >= 11 is 0. The maximum Gasteiger partial charge on any atom is 0.222 e. The van der Waals surface area contributed by atoms with E-state index in [9.17, 15) is 4.79 Å². The van der Waals surface area contributed by atoms with Gasteiger partial charge in [0.05, 0.1) is 32.1 Å². The molecular weight excluding hydrogens is 430 g/mol. The average molecular weight is 464 g/mol. The van der Waals surface area contributed by atoms with Crippen LogP contribution < -0.4 is 9.64 Å². The van der Waals surface area contributed by atoms with Gasteiger partial charge in [0.2, 0.25) is 11.8 Å². The van der Waals surface area contributed by atoms with Crippen LogP contribution in [-0.2, 0) is 16.0 Å². The summed E-state index contributed by atoms with van der Waals surface area (Å²) in [7, 11) is 1.64. The number of piperidine rings is 1. The van der Waals surface area contributed by atoms with E-state index in [0.717, 1.165) is 67.2 Å². The summed E-state index contributed by atoms with van der Waals surface area (Å²) in [6.45, 7) is 7.84. The maximum atomic E-state index is 12.2. The van der Waals surface area contributed by atoms with Gasteiger partial charge >= 0.3 is 0 Å². The molecule has 34 heavy (non-hydrogen) atoms. The van der Waals surface area contributed by atoms with Crippen molar-refractivity contribution in [1.82, 2.24) is 19.9 Å². The largest absolute Gasteiger partial charge is 0.481 e. The molecule has 5 rings (SSSR count). The van der Waals surface area contributed by atoms with Crippen LogP contribution in [0, 0.1) is 0 Å². The Labute approximate surface area is 201 Å². The highest BCUT2D eigenvalue weighted by molar-refractivity contribution is 5.77. The molecule has 180 valence electrons. The van der Waals surface area contributed by atoms with Crippen molar-refractivity contribution in [2.75, 3.05) is 44.9 Å². The Morgan fingerprint density at radius 1 is 1.18 bits per heavy atom. The molecule has 0 N–H and O–H groups in total. The third kappa shape index (κ3) is 4.39. The van der Waals surface area contributed by atoms with Gasteiger partial charge in [-0.15, -0.1) is 0 Å². The highest BCUT2D eigenvalue weighted by Gasteiger charge is 2.28. The number of amides is 1. The molecule has 2 fully saturated rings. The number of allylic oxidation sites excluding steroid dienone is 1. The fourth-order valence-corrected chi connectivity index (χ4v) is 5.15. The predicted octanol–water partition coefficient (Wildman–Crippen LogP) is 3.46. The Balaban J connectivity index is 1.55. The molecule has 0 aromatic carbocycles. The van der Waals surface area contributed by atoms with Crippen molar-refractivity contribution >= 4 is 17.8 Å². The van der Waals surface area contributed by atoms with Crippen molar-refractivity contribution in [1.29, 1.82) is 0 Å². The summed E-state index contributed by atoms with van der Waals surface area (Å²) < 4.78 is 11.2.